The van der Waals surface area contributed by atoms with Gasteiger partial charge in [0.2, 0.25) is 0 Å². The van der Waals surface area contributed by atoms with Gasteiger partial charge in [0.1, 0.15) is 24.1 Å². The molecule has 2 saturated heterocycles. The number of rotatable bonds is 4. The Balaban J connectivity index is 1.74. The summed E-state index contributed by atoms with van der Waals surface area (Å²) in [6.07, 6.45) is -2.71. The van der Waals surface area contributed by atoms with Gasteiger partial charge in [-0.3, -0.25) is 9.40 Å². The van der Waals surface area contributed by atoms with Crippen molar-refractivity contribution in [3.8, 4) is 0 Å². The van der Waals surface area contributed by atoms with Crippen molar-refractivity contribution in [1.82, 2.24) is 14.6 Å². The van der Waals surface area contributed by atoms with Crippen LogP contribution >= 0.6 is 0 Å². The van der Waals surface area contributed by atoms with E-state index in [4.69, 9.17) is 15.3 Å². The molecule has 0 bridgehead atoms. The van der Waals surface area contributed by atoms with Crippen LogP contribution in [0.3, 0.4) is 0 Å². The maximum Gasteiger partial charge on any atom is 0.351 e. The molecule has 9 heteroatoms. The second-order valence-electron chi connectivity index (χ2n) is 4.81. The van der Waals surface area contributed by atoms with Crippen LogP contribution in [-0.2, 0) is 9.57 Å². The Labute approximate surface area is 114 Å². The van der Waals surface area contributed by atoms with E-state index in [2.05, 4.69) is 4.98 Å². The Kier molecular flexibility index (Phi) is 3.44. The molecule has 20 heavy (non-hydrogen) atoms. The van der Waals surface area contributed by atoms with E-state index >= 15 is 0 Å². The molecule has 0 amide bonds. The predicted molar refractivity (Wildman–Crippen MR) is 66.4 cm³/mol. The van der Waals surface area contributed by atoms with Gasteiger partial charge in [0.05, 0.1) is 6.61 Å². The quantitative estimate of drug-likeness (QED) is 0.527. The Morgan fingerprint density at radius 3 is 2.85 bits per heavy atom. The van der Waals surface area contributed by atoms with Gasteiger partial charge in [-0.15, -0.1) is 0 Å². The van der Waals surface area contributed by atoms with Crippen LogP contribution in [0.25, 0.3) is 0 Å². The van der Waals surface area contributed by atoms with Gasteiger partial charge in [0.25, 0.3) is 0 Å². The maximum absolute atomic E-state index is 11.7. The van der Waals surface area contributed by atoms with Crippen LogP contribution in [0.1, 0.15) is 6.23 Å². The molecule has 0 unspecified atom stereocenters. The molecule has 0 spiro atoms. The molecule has 4 N–H and O–H groups in total. The molecule has 3 rings (SSSR count). The summed E-state index contributed by atoms with van der Waals surface area (Å²) < 4.78 is 6.60. The number of hydrogen-bond donors (Lipinski definition) is 3. The van der Waals surface area contributed by atoms with E-state index in [0.717, 1.165) is 17.7 Å². The first-order chi connectivity index (χ1) is 9.56. The summed E-state index contributed by atoms with van der Waals surface area (Å²) in [6.45, 7) is 1.80. The van der Waals surface area contributed by atoms with Crippen molar-refractivity contribution in [1.29, 1.82) is 0 Å². The van der Waals surface area contributed by atoms with Crippen molar-refractivity contribution in [2.75, 3.05) is 25.4 Å². The van der Waals surface area contributed by atoms with Crippen LogP contribution in [0.2, 0.25) is 0 Å². The molecular weight excluding hydrogens is 268 g/mol. The molecule has 4 atom stereocenters. The van der Waals surface area contributed by atoms with Crippen molar-refractivity contribution < 1.29 is 19.8 Å². The first-order valence-corrected chi connectivity index (χ1v) is 6.30. The zero-order chi connectivity index (χ0) is 14.3. The highest BCUT2D eigenvalue weighted by Crippen LogP contribution is 2.29. The minimum atomic E-state index is -1.24. The molecule has 110 valence electrons. The summed E-state index contributed by atoms with van der Waals surface area (Å²) in [4.78, 5) is 20.6. The van der Waals surface area contributed by atoms with Crippen LogP contribution in [0.4, 0.5) is 5.82 Å². The highest BCUT2D eigenvalue weighted by atomic mass is 16.7. The molecule has 0 radical (unpaired) electrons. The van der Waals surface area contributed by atoms with Gasteiger partial charge in [-0.2, -0.15) is 10.0 Å². The van der Waals surface area contributed by atoms with E-state index < -0.39 is 30.2 Å². The van der Waals surface area contributed by atoms with Gasteiger partial charge >= 0.3 is 5.69 Å². The Hall–Kier alpha value is -1.52. The van der Waals surface area contributed by atoms with Gasteiger partial charge in [-0.05, 0) is 6.07 Å². The van der Waals surface area contributed by atoms with E-state index in [1.807, 2.05) is 0 Å². The van der Waals surface area contributed by atoms with Crippen LogP contribution in [0.5, 0.6) is 0 Å². The van der Waals surface area contributed by atoms with Gasteiger partial charge in [0, 0.05) is 19.3 Å². The zero-order valence-corrected chi connectivity index (χ0v) is 10.6. The number of nitrogen functional groups attached to an aromatic ring is 1. The third-order valence-corrected chi connectivity index (χ3v) is 3.29. The van der Waals surface area contributed by atoms with Crippen LogP contribution in [0.15, 0.2) is 17.1 Å². The number of hydrogen-bond acceptors (Lipinski definition) is 8. The lowest BCUT2D eigenvalue weighted by Gasteiger charge is -2.16. The second kappa shape index (κ2) is 5.11. The number of anilines is 1. The molecular formula is C11H16N4O5. The molecule has 2 aliphatic heterocycles. The number of aliphatic hydroxyl groups is 2. The predicted octanol–water partition coefficient (Wildman–Crippen LogP) is -2.31. The van der Waals surface area contributed by atoms with E-state index in [9.17, 15) is 15.0 Å². The monoisotopic (exact) mass is 284 g/mol. The highest BCUT2D eigenvalue weighted by molar-refractivity contribution is 5.23. The fourth-order valence-corrected chi connectivity index (χ4v) is 2.07. The molecule has 1 aromatic rings. The van der Waals surface area contributed by atoms with Gasteiger partial charge < -0.3 is 20.7 Å². The minimum absolute atomic E-state index is 0.0840. The Bertz CT molecular complexity index is 546. The van der Waals surface area contributed by atoms with Crippen LogP contribution in [0, 0.1) is 0 Å². The third kappa shape index (κ3) is 2.53. The summed E-state index contributed by atoms with van der Waals surface area (Å²) in [7, 11) is 0. The maximum atomic E-state index is 11.7. The Morgan fingerprint density at radius 2 is 2.20 bits per heavy atom. The van der Waals surface area contributed by atoms with Gasteiger partial charge in [-0.1, -0.05) is 0 Å². The lowest BCUT2D eigenvalue weighted by atomic mass is 10.1. The number of aliphatic hydroxyl groups excluding tert-OH is 2. The number of aromatic nitrogens is 2. The van der Waals surface area contributed by atoms with Crippen molar-refractivity contribution in [2.45, 2.75) is 24.5 Å². The van der Waals surface area contributed by atoms with E-state index in [1.54, 1.807) is 5.06 Å². The summed E-state index contributed by atoms with van der Waals surface area (Å²) in [5, 5.41) is 21.6. The highest BCUT2D eigenvalue weighted by Gasteiger charge is 2.44. The van der Waals surface area contributed by atoms with Crippen molar-refractivity contribution in [2.24, 2.45) is 0 Å². The van der Waals surface area contributed by atoms with E-state index in [-0.39, 0.29) is 12.4 Å². The van der Waals surface area contributed by atoms with E-state index in [1.165, 1.54) is 12.3 Å². The average Bonchev–Trinajstić information content (AvgIpc) is 3.19. The number of nitrogens with two attached hydrogens (primary N) is 1. The number of hydroxylamine groups is 2. The van der Waals surface area contributed by atoms with Crippen molar-refractivity contribution in [3.63, 3.8) is 0 Å². The van der Waals surface area contributed by atoms with Crippen LogP contribution < -0.4 is 11.4 Å². The van der Waals surface area contributed by atoms with Crippen molar-refractivity contribution in [3.05, 3.63) is 22.7 Å². The smallest absolute Gasteiger partial charge is 0.351 e. The normalized spacial score (nSPS) is 33.5. The molecule has 3 heterocycles. The largest absolute Gasteiger partial charge is 0.387 e. The molecule has 9 nitrogen and oxygen atoms in total. The lowest BCUT2D eigenvalue weighted by Crippen LogP contribution is -2.36. The van der Waals surface area contributed by atoms with Gasteiger partial charge in [-0.25, -0.2) is 4.79 Å². The first kappa shape index (κ1) is 13.5. The molecule has 1 aromatic heterocycles. The molecule has 0 aromatic carbocycles. The summed E-state index contributed by atoms with van der Waals surface area (Å²) in [5.41, 5.74) is 4.76. The number of ether oxygens (including phenoxy) is 1. The summed E-state index contributed by atoms with van der Waals surface area (Å²) >= 11 is 0. The third-order valence-electron chi connectivity index (χ3n) is 3.29. The zero-order valence-electron chi connectivity index (χ0n) is 10.6. The lowest BCUT2D eigenvalue weighted by molar-refractivity contribution is -0.132. The number of nitrogens with zero attached hydrogens (tertiary/aromatic N) is 3. The van der Waals surface area contributed by atoms with Crippen LogP contribution in [-0.4, -0.2) is 62.8 Å². The standard InChI is InChI=1S/C11H16N4O5/c12-7-1-2-15(11(18)13-7)10-9(17)8(16)6(20-10)5-19-14-3-4-14/h1-2,6,8-10,16-17H,3-5H2,(H2,12,13,18)/t6-,8-,9-,10-/m1/s1. The van der Waals surface area contributed by atoms with Crippen molar-refractivity contribution >= 4 is 5.82 Å². The topological polar surface area (TPSA) is 123 Å². The Morgan fingerprint density at radius 1 is 1.45 bits per heavy atom. The van der Waals surface area contributed by atoms with E-state index in [0.29, 0.717) is 0 Å². The van der Waals surface area contributed by atoms with Gasteiger partial charge in [0.15, 0.2) is 6.23 Å². The average molecular weight is 284 g/mol. The first-order valence-electron chi connectivity index (χ1n) is 6.30. The molecule has 0 aliphatic carbocycles. The molecule has 0 saturated carbocycles. The fourth-order valence-electron chi connectivity index (χ4n) is 2.07. The molecule has 2 fully saturated rings. The molecule has 2 aliphatic rings. The fraction of sp³-hybridized carbons (Fsp3) is 0.636. The second-order valence-corrected chi connectivity index (χ2v) is 4.81. The summed E-state index contributed by atoms with van der Waals surface area (Å²) in [6, 6.07) is 1.42. The minimum Gasteiger partial charge on any atom is -0.387 e. The SMILES string of the molecule is Nc1ccn([C@@H]2O[C@H](CON3CC3)[C@@H](O)[C@H]2O)c(=O)n1. The summed E-state index contributed by atoms with van der Waals surface area (Å²) in [5.74, 6) is 0.0840.